The van der Waals surface area contributed by atoms with Crippen molar-refractivity contribution in [3.63, 3.8) is 0 Å². The van der Waals surface area contributed by atoms with Gasteiger partial charge in [0.25, 0.3) is 5.91 Å². The molecule has 0 bridgehead atoms. The molecule has 2 aromatic rings. The molecule has 26 heavy (non-hydrogen) atoms. The smallest absolute Gasteiger partial charge is 0.253 e. The third kappa shape index (κ3) is 4.64. The summed E-state index contributed by atoms with van der Waals surface area (Å²) in [7, 11) is 0. The molecule has 5 heteroatoms. The van der Waals surface area contributed by atoms with Crippen molar-refractivity contribution in [2.75, 3.05) is 18.0 Å². The minimum absolute atomic E-state index is 0.122. The second-order valence-corrected chi connectivity index (χ2v) is 7.18. The van der Waals surface area contributed by atoms with Crippen molar-refractivity contribution in [3.05, 3.63) is 63.2 Å². The second-order valence-electron chi connectivity index (χ2n) is 6.01. The SMILES string of the molecule is O=C(NCC#Cc1ccc(N2CCCCC2=O)cc1)c1ccccc1I. The van der Waals surface area contributed by atoms with Crippen molar-refractivity contribution in [2.45, 2.75) is 19.3 Å². The molecule has 0 spiro atoms. The van der Waals surface area contributed by atoms with Crippen LogP contribution in [0.15, 0.2) is 48.5 Å². The zero-order chi connectivity index (χ0) is 18.4. The van der Waals surface area contributed by atoms with Gasteiger partial charge in [0, 0.05) is 27.8 Å². The number of benzene rings is 2. The Hall–Kier alpha value is -2.33. The summed E-state index contributed by atoms with van der Waals surface area (Å²) < 4.78 is 0.915. The first-order chi connectivity index (χ1) is 12.6. The molecule has 1 heterocycles. The molecule has 0 unspecified atom stereocenters. The van der Waals surface area contributed by atoms with Crippen molar-refractivity contribution in [1.29, 1.82) is 0 Å². The van der Waals surface area contributed by atoms with E-state index >= 15 is 0 Å². The summed E-state index contributed by atoms with van der Waals surface area (Å²) >= 11 is 2.14. The molecule has 0 aromatic heterocycles. The van der Waals surface area contributed by atoms with Gasteiger partial charge in [-0.15, -0.1) is 0 Å². The maximum atomic E-state index is 12.1. The summed E-state index contributed by atoms with van der Waals surface area (Å²) in [4.78, 5) is 25.9. The second kappa shape index (κ2) is 8.86. The monoisotopic (exact) mass is 458 g/mol. The molecule has 0 atom stereocenters. The van der Waals surface area contributed by atoms with Crippen LogP contribution in [0.2, 0.25) is 0 Å². The van der Waals surface area contributed by atoms with Gasteiger partial charge in [0.2, 0.25) is 5.91 Å². The van der Waals surface area contributed by atoms with Crippen LogP contribution in [-0.2, 0) is 4.79 Å². The largest absolute Gasteiger partial charge is 0.341 e. The summed E-state index contributed by atoms with van der Waals surface area (Å²) in [6.07, 6.45) is 2.65. The zero-order valence-electron chi connectivity index (χ0n) is 14.3. The van der Waals surface area contributed by atoms with Crippen LogP contribution < -0.4 is 10.2 Å². The number of nitrogens with zero attached hydrogens (tertiary/aromatic N) is 1. The molecule has 0 saturated carbocycles. The number of halogens is 1. The van der Waals surface area contributed by atoms with Crippen LogP contribution in [0.4, 0.5) is 5.69 Å². The summed E-state index contributed by atoms with van der Waals surface area (Å²) in [5.41, 5.74) is 2.44. The third-order valence-corrected chi connectivity index (χ3v) is 5.13. The first-order valence-corrected chi connectivity index (χ1v) is 9.65. The van der Waals surface area contributed by atoms with Crippen molar-refractivity contribution in [3.8, 4) is 11.8 Å². The third-order valence-electron chi connectivity index (χ3n) is 4.19. The maximum Gasteiger partial charge on any atom is 0.253 e. The number of nitrogens with one attached hydrogen (secondary N) is 1. The Bertz CT molecular complexity index is 866. The van der Waals surface area contributed by atoms with Crippen LogP contribution in [0.1, 0.15) is 35.2 Å². The number of hydrogen-bond donors (Lipinski definition) is 1. The van der Waals surface area contributed by atoms with Crippen molar-refractivity contribution < 1.29 is 9.59 Å². The van der Waals surface area contributed by atoms with Gasteiger partial charge in [-0.2, -0.15) is 0 Å². The zero-order valence-corrected chi connectivity index (χ0v) is 16.5. The van der Waals surface area contributed by atoms with Gasteiger partial charge in [0.1, 0.15) is 0 Å². The molecule has 4 nitrogen and oxygen atoms in total. The van der Waals surface area contributed by atoms with E-state index < -0.39 is 0 Å². The molecule has 3 rings (SSSR count). The molecule has 1 saturated heterocycles. The maximum absolute atomic E-state index is 12.1. The normalized spacial score (nSPS) is 13.7. The predicted molar refractivity (Wildman–Crippen MR) is 111 cm³/mol. The Morgan fingerprint density at radius 2 is 1.88 bits per heavy atom. The predicted octanol–water partition coefficient (Wildman–Crippen LogP) is 3.59. The highest BCUT2D eigenvalue weighted by molar-refractivity contribution is 14.1. The summed E-state index contributed by atoms with van der Waals surface area (Å²) in [5.74, 6) is 6.07. The lowest BCUT2D eigenvalue weighted by Crippen LogP contribution is -2.35. The van der Waals surface area contributed by atoms with E-state index in [1.807, 2.05) is 47.4 Å². The summed E-state index contributed by atoms with van der Waals surface area (Å²) in [6.45, 7) is 1.07. The van der Waals surface area contributed by atoms with E-state index in [1.165, 1.54) is 0 Å². The fraction of sp³-hybridized carbons (Fsp3) is 0.238. The highest BCUT2D eigenvalue weighted by atomic mass is 127. The molecule has 1 N–H and O–H groups in total. The van der Waals surface area contributed by atoms with Gasteiger partial charge in [-0.05, 0) is 71.8 Å². The van der Waals surface area contributed by atoms with Gasteiger partial charge in [0.15, 0.2) is 0 Å². The fourth-order valence-electron chi connectivity index (χ4n) is 2.81. The van der Waals surface area contributed by atoms with E-state index in [0.717, 1.165) is 34.2 Å². The van der Waals surface area contributed by atoms with Gasteiger partial charge in [-0.3, -0.25) is 9.59 Å². The van der Waals surface area contributed by atoms with Gasteiger partial charge < -0.3 is 10.2 Å². The molecule has 1 aliphatic heterocycles. The average Bonchev–Trinajstić information content (AvgIpc) is 2.66. The van der Waals surface area contributed by atoms with Gasteiger partial charge in [0.05, 0.1) is 12.1 Å². The van der Waals surface area contributed by atoms with E-state index in [2.05, 4.69) is 39.7 Å². The molecule has 2 aromatic carbocycles. The first kappa shape index (κ1) is 18.5. The lowest BCUT2D eigenvalue weighted by Gasteiger charge is -2.26. The number of carbonyl (C=O) groups is 2. The fourth-order valence-corrected chi connectivity index (χ4v) is 3.45. The van der Waals surface area contributed by atoms with E-state index in [-0.39, 0.29) is 18.4 Å². The average molecular weight is 458 g/mol. The minimum Gasteiger partial charge on any atom is -0.341 e. The molecule has 2 amide bonds. The molecule has 0 aliphatic carbocycles. The molecular weight excluding hydrogens is 439 g/mol. The Balaban J connectivity index is 1.56. The van der Waals surface area contributed by atoms with E-state index in [0.29, 0.717) is 12.0 Å². The van der Waals surface area contributed by atoms with Gasteiger partial charge in [-0.1, -0.05) is 24.0 Å². The van der Waals surface area contributed by atoms with Crippen molar-refractivity contribution in [2.24, 2.45) is 0 Å². The van der Waals surface area contributed by atoms with Gasteiger partial charge >= 0.3 is 0 Å². The molecule has 1 fully saturated rings. The quantitative estimate of drug-likeness (QED) is 0.565. The summed E-state index contributed by atoms with van der Waals surface area (Å²) in [5, 5.41) is 2.81. The van der Waals surface area contributed by atoms with Crippen LogP contribution in [0, 0.1) is 15.4 Å². The lowest BCUT2D eigenvalue weighted by molar-refractivity contribution is -0.119. The highest BCUT2D eigenvalue weighted by Crippen LogP contribution is 2.21. The van der Waals surface area contributed by atoms with Crippen LogP contribution in [-0.4, -0.2) is 24.9 Å². The Kier molecular flexibility index (Phi) is 6.29. The molecule has 1 aliphatic rings. The Morgan fingerprint density at radius 1 is 1.12 bits per heavy atom. The van der Waals surface area contributed by atoms with Crippen LogP contribution in [0.5, 0.6) is 0 Å². The number of anilines is 1. The Labute approximate surface area is 167 Å². The standard InChI is InChI=1S/C21H19IN2O2/c22-19-8-2-1-7-18(19)21(26)23-14-5-6-16-10-12-17(13-11-16)24-15-4-3-9-20(24)25/h1-2,7-8,10-13H,3-4,9,14-15H2,(H,23,26). The number of hydrogen-bond acceptors (Lipinski definition) is 2. The number of rotatable bonds is 3. The van der Waals surface area contributed by atoms with Crippen molar-refractivity contribution in [1.82, 2.24) is 5.32 Å². The molecule has 132 valence electrons. The van der Waals surface area contributed by atoms with Crippen LogP contribution in [0.3, 0.4) is 0 Å². The van der Waals surface area contributed by atoms with E-state index in [4.69, 9.17) is 0 Å². The first-order valence-electron chi connectivity index (χ1n) is 8.57. The van der Waals surface area contributed by atoms with Crippen LogP contribution in [0.25, 0.3) is 0 Å². The van der Waals surface area contributed by atoms with E-state index in [1.54, 1.807) is 6.07 Å². The number of carbonyl (C=O) groups excluding carboxylic acids is 2. The van der Waals surface area contributed by atoms with Crippen molar-refractivity contribution >= 4 is 40.1 Å². The Morgan fingerprint density at radius 3 is 2.62 bits per heavy atom. The molecule has 0 radical (unpaired) electrons. The summed E-state index contributed by atoms with van der Waals surface area (Å²) in [6, 6.07) is 15.1. The van der Waals surface area contributed by atoms with Gasteiger partial charge in [-0.25, -0.2) is 0 Å². The number of amides is 2. The lowest BCUT2D eigenvalue weighted by atomic mass is 10.1. The molecular formula is C21H19IN2O2. The van der Waals surface area contributed by atoms with Crippen LogP contribution >= 0.6 is 22.6 Å². The minimum atomic E-state index is -0.122. The highest BCUT2D eigenvalue weighted by Gasteiger charge is 2.19. The topological polar surface area (TPSA) is 49.4 Å². The number of piperidine rings is 1. The van der Waals surface area contributed by atoms with E-state index in [9.17, 15) is 9.59 Å².